The summed E-state index contributed by atoms with van der Waals surface area (Å²) in [7, 11) is -4.12. The van der Waals surface area contributed by atoms with Crippen LogP contribution in [0.1, 0.15) is 153 Å². The van der Waals surface area contributed by atoms with Gasteiger partial charge < -0.3 is 40.4 Å². The van der Waals surface area contributed by atoms with E-state index < -0.39 is 72.6 Å². The van der Waals surface area contributed by atoms with Crippen molar-refractivity contribution in [3.63, 3.8) is 0 Å². The maximum atomic E-state index is 13.3. The summed E-state index contributed by atoms with van der Waals surface area (Å²) in [6.45, 7) is 27.1. The Labute approximate surface area is 385 Å². The lowest BCUT2D eigenvalue weighted by molar-refractivity contribution is -0.149. The Hall–Kier alpha value is -4.88. The van der Waals surface area contributed by atoms with E-state index in [1.807, 2.05) is 41.5 Å². The van der Waals surface area contributed by atoms with Crippen LogP contribution in [0.25, 0.3) is 0 Å². The van der Waals surface area contributed by atoms with E-state index in [1.165, 1.54) is 36.7 Å². The van der Waals surface area contributed by atoms with Crippen LogP contribution in [0.3, 0.4) is 0 Å². The van der Waals surface area contributed by atoms with Gasteiger partial charge in [-0.1, -0.05) is 6.92 Å². The number of rotatable bonds is 27. The average Bonchev–Trinajstić information content (AvgIpc) is 3.09. The number of carbonyl (C=O) groups excluding carboxylic acids is 3. The van der Waals surface area contributed by atoms with Crippen molar-refractivity contribution in [3.8, 4) is 5.75 Å². The van der Waals surface area contributed by atoms with Crippen LogP contribution >= 0.6 is 0 Å². The topological polar surface area (TPSA) is 262 Å². The normalized spacial score (nSPS) is 13.6. The van der Waals surface area contributed by atoms with Crippen molar-refractivity contribution in [3.05, 3.63) is 42.2 Å². The lowest BCUT2D eigenvalue weighted by Crippen LogP contribution is -2.50. The van der Waals surface area contributed by atoms with Crippen LogP contribution in [0.2, 0.25) is 0 Å². The lowest BCUT2D eigenvalue weighted by atomic mass is 9.82. The smallest absolute Gasteiger partial charge is 0.309 e. The number of amides is 3. The lowest BCUT2D eigenvalue weighted by Gasteiger charge is -2.33. The largest absolute Gasteiger partial charge is 0.488 e. The summed E-state index contributed by atoms with van der Waals surface area (Å²) in [5.74, 6) is -3.27. The zero-order chi connectivity index (χ0) is 50.0. The number of anilines is 1. The maximum absolute atomic E-state index is 13.3. The molecule has 1 atom stereocenters. The number of nitrogens with zero attached hydrogens (tertiary/aromatic N) is 2. The van der Waals surface area contributed by atoms with Gasteiger partial charge in [-0.2, -0.15) is 0 Å². The predicted octanol–water partition coefficient (Wildman–Crippen LogP) is 6.50. The molecular formula is C46H74N6O12S. The molecule has 6 N–H and O–H groups in total. The summed E-state index contributed by atoms with van der Waals surface area (Å²) in [4.78, 5) is 70.1. The van der Waals surface area contributed by atoms with Crippen molar-refractivity contribution in [2.75, 3.05) is 17.9 Å². The average molecular weight is 935 g/mol. The summed E-state index contributed by atoms with van der Waals surface area (Å²) < 4.78 is 46.3. The Morgan fingerprint density at radius 3 is 1.66 bits per heavy atom. The third-order valence-corrected chi connectivity index (χ3v) is 11.7. The summed E-state index contributed by atoms with van der Waals surface area (Å²) in [6, 6.07) is 5.60. The summed E-state index contributed by atoms with van der Waals surface area (Å²) in [5.41, 5.74) is -5.55. The van der Waals surface area contributed by atoms with E-state index in [1.54, 1.807) is 62.3 Å². The molecule has 1 aromatic heterocycles. The Morgan fingerprint density at radius 1 is 0.677 bits per heavy atom. The highest BCUT2D eigenvalue weighted by Gasteiger charge is 2.37. The molecule has 2 aromatic rings. The third-order valence-electron chi connectivity index (χ3n) is 10.4. The quantitative estimate of drug-likeness (QED) is 0.0559. The molecule has 2 rings (SSSR count). The molecule has 3 amide bonds. The fourth-order valence-corrected chi connectivity index (χ4v) is 8.13. The summed E-state index contributed by atoms with van der Waals surface area (Å²) in [5, 5.41) is 27.5. The highest BCUT2D eigenvalue weighted by Crippen LogP contribution is 2.32. The van der Waals surface area contributed by atoms with Gasteiger partial charge in [0.15, 0.2) is 0 Å². The number of ether oxygens (including phenoxy) is 3. The molecule has 0 aliphatic carbocycles. The highest BCUT2D eigenvalue weighted by atomic mass is 32.2. The summed E-state index contributed by atoms with van der Waals surface area (Å²) >= 11 is 0. The molecule has 0 aliphatic heterocycles. The van der Waals surface area contributed by atoms with E-state index >= 15 is 0 Å². The van der Waals surface area contributed by atoms with E-state index in [2.05, 4.69) is 30.6 Å². The minimum absolute atomic E-state index is 0.0715. The Balaban J connectivity index is 1.87. The van der Waals surface area contributed by atoms with Gasteiger partial charge in [-0.25, -0.2) is 23.1 Å². The van der Waals surface area contributed by atoms with Crippen molar-refractivity contribution in [2.45, 2.75) is 181 Å². The minimum Gasteiger partial charge on any atom is -0.488 e. The standard InChI is InChI=1S/C46H74N6O12S/c1-30(36(56)50-42(6,7)21-23-62-44(10,11)25-34(53)49-41(4,5)20-22-63-45(12,13)26-35(54)55)24-43(8,9)51-37(57)31-27-47-39(48-28-31)52-65(60,61)33-18-16-32(17-19-33)64-46(14,15)29-40(2,3)38(58)59/h16-19,27-28,30H,20-26,29H2,1-15H3,(H,49,53)(H,50,56)(H,51,57)(H,54,55)(H,58,59)(H,47,48,52). The van der Waals surface area contributed by atoms with Gasteiger partial charge in [0.1, 0.15) is 11.4 Å². The van der Waals surface area contributed by atoms with Crippen LogP contribution in [0.5, 0.6) is 5.75 Å². The molecule has 65 heavy (non-hydrogen) atoms. The highest BCUT2D eigenvalue weighted by molar-refractivity contribution is 7.92. The molecule has 0 spiro atoms. The first-order valence-corrected chi connectivity index (χ1v) is 23.2. The van der Waals surface area contributed by atoms with Crippen molar-refractivity contribution < 1.29 is 56.8 Å². The van der Waals surface area contributed by atoms with Gasteiger partial charge in [-0.05, 0) is 140 Å². The molecule has 0 radical (unpaired) electrons. The molecule has 18 nitrogen and oxygen atoms in total. The number of aliphatic carboxylic acids is 2. The molecule has 1 heterocycles. The Morgan fingerprint density at radius 2 is 1.17 bits per heavy atom. The number of carbonyl (C=O) groups is 5. The van der Waals surface area contributed by atoms with Gasteiger partial charge >= 0.3 is 11.9 Å². The second-order valence-corrected chi connectivity index (χ2v) is 23.0. The molecule has 0 aliphatic rings. The van der Waals surface area contributed by atoms with Gasteiger partial charge in [-0.3, -0.25) is 24.0 Å². The van der Waals surface area contributed by atoms with E-state index in [0.717, 1.165) is 0 Å². The fraction of sp³-hybridized carbons (Fsp3) is 0.674. The van der Waals surface area contributed by atoms with E-state index in [4.69, 9.17) is 19.3 Å². The molecule has 0 saturated heterocycles. The number of sulfonamides is 1. The zero-order valence-electron chi connectivity index (χ0n) is 41.0. The van der Waals surface area contributed by atoms with Crippen molar-refractivity contribution in [2.24, 2.45) is 11.3 Å². The number of carboxylic acid groups (broad SMARTS) is 2. The van der Waals surface area contributed by atoms with Crippen molar-refractivity contribution in [1.82, 2.24) is 25.9 Å². The van der Waals surface area contributed by atoms with Crippen LogP contribution in [-0.2, 0) is 38.7 Å². The molecule has 19 heteroatoms. The minimum atomic E-state index is -4.12. The Bertz CT molecular complexity index is 2080. The van der Waals surface area contributed by atoms with E-state index in [-0.39, 0.29) is 67.1 Å². The molecule has 1 unspecified atom stereocenters. The van der Waals surface area contributed by atoms with Crippen molar-refractivity contribution in [1.29, 1.82) is 0 Å². The first kappa shape index (κ1) is 56.2. The molecule has 1 aromatic carbocycles. The van der Waals surface area contributed by atoms with Crippen LogP contribution in [-0.4, -0.2) is 105 Å². The number of nitrogens with one attached hydrogen (secondary N) is 4. The van der Waals surface area contributed by atoms with Gasteiger partial charge in [0, 0.05) is 54.6 Å². The van der Waals surface area contributed by atoms with Gasteiger partial charge in [-0.15, -0.1) is 0 Å². The van der Waals surface area contributed by atoms with Gasteiger partial charge in [0.25, 0.3) is 15.9 Å². The number of carboxylic acids is 2. The molecular weight excluding hydrogens is 861 g/mol. The number of benzene rings is 1. The number of hydrogen-bond acceptors (Lipinski definition) is 12. The van der Waals surface area contributed by atoms with Crippen LogP contribution in [0.15, 0.2) is 41.6 Å². The number of aromatic nitrogens is 2. The monoisotopic (exact) mass is 935 g/mol. The second kappa shape index (κ2) is 21.6. The fourth-order valence-electron chi connectivity index (χ4n) is 7.17. The number of hydrogen-bond donors (Lipinski definition) is 6. The van der Waals surface area contributed by atoms with Gasteiger partial charge in [0.2, 0.25) is 17.8 Å². The van der Waals surface area contributed by atoms with Crippen LogP contribution in [0.4, 0.5) is 5.95 Å². The first-order valence-electron chi connectivity index (χ1n) is 21.7. The molecule has 0 fully saturated rings. The van der Waals surface area contributed by atoms with Crippen molar-refractivity contribution >= 4 is 45.6 Å². The summed E-state index contributed by atoms with van der Waals surface area (Å²) in [6.07, 6.45) is 3.76. The van der Waals surface area contributed by atoms with Crippen LogP contribution in [0, 0.1) is 11.3 Å². The second-order valence-electron chi connectivity index (χ2n) is 21.3. The van der Waals surface area contributed by atoms with E-state index in [0.29, 0.717) is 18.6 Å². The molecule has 366 valence electrons. The first-order chi connectivity index (χ1) is 29.3. The molecule has 0 saturated carbocycles. The Kier molecular flexibility index (Phi) is 18.7. The van der Waals surface area contributed by atoms with E-state index in [9.17, 15) is 37.5 Å². The van der Waals surface area contributed by atoms with Gasteiger partial charge in [0.05, 0.1) is 39.9 Å². The molecule has 0 bridgehead atoms. The third kappa shape index (κ3) is 20.5. The SMILES string of the molecule is CC(CC(C)(C)NC(=O)c1cnc(NS(=O)(=O)c2ccc(OC(C)(C)CC(C)(C)C(=O)O)cc2)nc1)C(=O)NC(C)(C)CCOC(C)(C)CC(=O)NC(C)(C)CCOC(C)(C)CC(=O)O. The predicted molar refractivity (Wildman–Crippen MR) is 246 cm³/mol. The zero-order valence-corrected chi connectivity index (χ0v) is 41.8. The maximum Gasteiger partial charge on any atom is 0.309 e. The van der Waals surface area contributed by atoms with Crippen LogP contribution < -0.4 is 25.4 Å².